The number of nitrogens with one attached hydrogen (secondary N) is 1. The van der Waals surface area contributed by atoms with Crippen LogP contribution < -0.4 is 0 Å². The predicted molar refractivity (Wildman–Crippen MR) is 65.7 cm³/mol. The summed E-state index contributed by atoms with van der Waals surface area (Å²) in [5.74, 6) is -1.34. The number of nitriles is 3. The highest BCUT2D eigenvalue weighted by atomic mass is 16.7. The normalized spacial score (nSPS) is 44.4. The minimum Gasteiger partial charge on any atom is -0.447 e. The lowest BCUT2D eigenvalue weighted by Gasteiger charge is -2.48. The lowest BCUT2D eigenvalue weighted by atomic mass is 9.53. The molecule has 2 heterocycles. The summed E-state index contributed by atoms with van der Waals surface area (Å²) in [6.07, 6.45) is 2.11. The van der Waals surface area contributed by atoms with Crippen LogP contribution in [0.15, 0.2) is 0 Å². The highest BCUT2D eigenvalue weighted by molar-refractivity contribution is 5.89. The van der Waals surface area contributed by atoms with E-state index in [0.717, 1.165) is 6.42 Å². The molecule has 0 spiro atoms. The van der Waals surface area contributed by atoms with E-state index in [-0.39, 0.29) is 12.5 Å². The molecule has 2 aliphatic heterocycles. The molecule has 6 heteroatoms. The SMILES string of the molecule is CC1CCC23OCC(C#N)(C#N)C(C#N)(C(=N)O2)C3C1. The number of nitrogens with zero attached hydrogens (tertiary/aromatic N) is 3. The van der Waals surface area contributed by atoms with Gasteiger partial charge in [-0.2, -0.15) is 15.8 Å². The van der Waals surface area contributed by atoms with Gasteiger partial charge in [0.2, 0.25) is 11.7 Å². The molecule has 4 unspecified atom stereocenters. The van der Waals surface area contributed by atoms with E-state index < -0.39 is 22.5 Å². The van der Waals surface area contributed by atoms with Crippen LogP contribution in [0.25, 0.3) is 0 Å². The molecule has 0 radical (unpaired) electrons. The van der Waals surface area contributed by atoms with E-state index in [1.807, 2.05) is 12.1 Å². The Hall–Kier alpha value is -2.10. The fourth-order valence-corrected chi connectivity index (χ4v) is 3.89. The van der Waals surface area contributed by atoms with E-state index in [4.69, 9.17) is 14.9 Å². The molecule has 1 N–H and O–H groups in total. The van der Waals surface area contributed by atoms with E-state index in [1.165, 1.54) is 0 Å². The van der Waals surface area contributed by atoms with Gasteiger partial charge in [-0.25, -0.2) is 0 Å². The maximum atomic E-state index is 9.73. The Balaban J connectivity index is 2.23. The Kier molecular flexibility index (Phi) is 2.40. The predicted octanol–water partition coefficient (Wildman–Crippen LogP) is 1.70. The molecule has 3 fully saturated rings. The number of ether oxygens (including phenoxy) is 2. The molecular formula is C14H14N4O2. The zero-order valence-corrected chi connectivity index (χ0v) is 11.1. The van der Waals surface area contributed by atoms with Crippen molar-refractivity contribution in [2.45, 2.75) is 32.0 Å². The molecule has 6 nitrogen and oxygen atoms in total. The van der Waals surface area contributed by atoms with Gasteiger partial charge in [0.15, 0.2) is 10.8 Å². The van der Waals surface area contributed by atoms with Crippen molar-refractivity contribution in [2.75, 3.05) is 6.61 Å². The van der Waals surface area contributed by atoms with Crippen LogP contribution in [0.1, 0.15) is 26.2 Å². The zero-order chi connectivity index (χ0) is 14.6. The summed E-state index contributed by atoms with van der Waals surface area (Å²) in [6.45, 7) is 1.89. The highest BCUT2D eigenvalue weighted by Gasteiger charge is 2.77. The van der Waals surface area contributed by atoms with Crippen molar-refractivity contribution in [3.63, 3.8) is 0 Å². The van der Waals surface area contributed by atoms with Crippen LogP contribution in [0, 0.1) is 62.1 Å². The number of hydrogen-bond donors (Lipinski definition) is 1. The topological polar surface area (TPSA) is 114 Å². The molecule has 102 valence electrons. The highest BCUT2D eigenvalue weighted by Crippen LogP contribution is 2.64. The van der Waals surface area contributed by atoms with Gasteiger partial charge in [0, 0.05) is 6.42 Å². The second-order valence-electron chi connectivity index (χ2n) is 6.01. The van der Waals surface area contributed by atoms with Crippen LogP contribution in [0.3, 0.4) is 0 Å². The third kappa shape index (κ3) is 1.13. The molecule has 2 bridgehead atoms. The average molecular weight is 270 g/mol. The van der Waals surface area contributed by atoms with Crippen molar-refractivity contribution >= 4 is 5.90 Å². The summed E-state index contributed by atoms with van der Waals surface area (Å²) in [5, 5.41) is 36.8. The van der Waals surface area contributed by atoms with Crippen LogP contribution in [0.4, 0.5) is 0 Å². The van der Waals surface area contributed by atoms with Crippen molar-refractivity contribution in [3.05, 3.63) is 0 Å². The molecule has 0 aromatic rings. The maximum Gasteiger partial charge on any atom is 0.217 e. The monoisotopic (exact) mass is 270 g/mol. The van der Waals surface area contributed by atoms with Crippen LogP contribution in [0.5, 0.6) is 0 Å². The van der Waals surface area contributed by atoms with Crippen LogP contribution in [-0.2, 0) is 9.47 Å². The molecular weight excluding hydrogens is 256 g/mol. The summed E-state index contributed by atoms with van der Waals surface area (Å²) in [4.78, 5) is 0. The number of rotatable bonds is 0. The Bertz CT molecular complexity index is 596. The standard InChI is InChI=1S/C14H14N4O2/c1-9-2-3-14-10(4-9)13(7-17,11(18)20-14)12(5-15,6-16)8-19-14/h9-10,18H,2-4,8H2,1H3. The Labute approximate surface area is 117 Å². The molecule has 4 atom stereocenters. The average Bonchev–Trinajstić information content (AvgIpc) is 2.65. The molecule has 3 rings (SSSR count). The van der Waals surface area contributed by atoms with Crippen molar-refractivity contribution in [3.8, 4) is 18.2 Å². The van der Waals surface area contributed by atoms with E-state index in [1.54, 1.807) is 0 Å². The van der Waals surface area contributed by atoms with Crippen molar-refractivity contribution < 1.29 is 9.47 Å². The van der Waals surface area contributed by atoms with Gasteiger partial charge in [-0.3, -0.25) is 5.41 Å². The molecule has 20 heavy (non-hydrogen) atoms. The van der Waals surface area contributed by atoms with Gasteiger partial charge < -0.3 is 9.47 Å². The van der Waals surface area contributed by atoms with Crippen molar-refractivity contribution in [1.82, 2.24) is 0 Å². The van der Waals surface area contributed by atoms with E-state index >= 15 is 0 Å². The third-order valence-corrected chi connectivity index (χ3v) is 5.07. The Morgan fingerprint density at radius 1 is 1.25 bits per heavy atom. The molecule has 0 aromatic heterocycles. The second-order valence-corrected chi connectivity index (χ2v) is 6.01. The lowest BCUT2D eigenvalue weighted by molar-refractivity contribution is -0.265. The first-order valence-electron chi connectivity index (χ1n) is 6.66. The van der Waals surface area contributed by atoms with Crippen LogP contribution >= 0.6 is 0 Å². The first-order valence-corrected chi connectivity index (χ1v) is 6.66. The van der Waals surface area contributed by atoms with Gasteiger partial charge in [0.25, 0.3) is 0 Å². The first-order chi connectivity index (χ1) is 9.50. The Morgan fingerprint density at radius 2 is 1.95 bits per heavy atom. The largest absolute Gasteiger partial charge is 0.447 e. The molecule has 1 saturated carbocycles. The minimum atomic E-state index is -1.67. The lowest BCUT2D eigenvalue weighted by Crippen LogP contribution is -2.59. The molecule has 0 aromatic carbocycles. The molecule has 0 amide bonds. The van der Waals surface area contributed by atoms with E-state index in [0.29, 0.717) is 18.8 Å². The summed E-state index contributed by atoms with van der Waals surface area (Å²) >= 11 is 0. The van der Waals surface area contributed by atoms with Crippen molar-refractivity contribution in [2.24, 2.45) is 22.7 Å². The zero-order valence-electron chi connectivity index (χ0n) is 11.1. The summed E-state index contributed by atoms with van der Waals surface area (Å²) < 4.78 is 11.4. The second kappa shape index (κ2) is 3.72. The third-order valence-electron chi connectivity index (χ3n) is 5.07. The van der Waals surface area contributed by atoms with Crippen LogP contribution in [0.2, 0.25) is 0 Å². The van der Waals surface area contributed by atoms with E-state index in [2.05, 4.69) is 13.0 Å². The number of hydrogen-bond acceptors (Lipinski definition) is 6. The summed E-state index contributed by atoms with van der Waals surface area (Å²) in [7, 11) is 0. The molecule has 1 aliphatic carbocycles. The quantitative estimate of drug-likeness (QED) is 0.719. The van der Waals surface area contributed by atoms with Crippen LogP contribution in [-0.4, -0.2) is 18.3 Å². The fraction of sp³-hybridized carbons (Fsp3) is 0.714. The van der Waals surface area contributed by atoms with Crippen molar-refractivity contribution in [1.29, 1.82) is 21.2 Å². The van der Waals surface area contributed by atoms with Gasteiger partial charge in [-0.15, -0.1) is 0 Å². The molecule has 2 saturated heterocycles. The smallest absolute Gasteiger partial charge is 0.217 e. The van der Waals surface area contributed by atoms with Gasteiger partial charge in [-0.05, 0) is 18.8 Å². The summed E-state index contributed by atoms with van der Waals surface area (Å²) in [5.41, 5.74) is -3.18. The fourth-order valence-electron chi connectivity index (χ4n) is 3.89. The summed E-state index contributed by atoms with van der Waals surface area (Å²) in [6, 6.07) is 5.96. The first kappa shape index (κ1) is 12.9. The van der Waals surface area contributed by atoms with Gasteiger partial charge in [0.05, 0.1) is 30.7 Å². The Morgan fingerprint density at radius 3 is 2.55 bits per heavy atom. The minimum absolute atomic E-state index is 0.180. The van der Waals surface area contributed by atoms with Gasteiger partial charge >= 0.3 is 0 Å². The van der Waals surface area contributed by atoms with E-state index in [9.17, 15) is 15.8 Å². The van der Waals surface area contributed by atoms with Gasteiger partial charge in [0.1, 0.15) is 0 Å². The maximum absolute atomic E-state index is 9.73. The van der Waals surface area contributed by atoms with Gasteiger partial charge in [-0.1, -0.05) is 6.92 Å². The molecule has 3 aliphatic rings.